The second-order valence-corrected chi connectivity index (χ2v) is 7.45. The number of benzene rings is 2. The second-order valence-electron chi connectivity index (χ2n) is 7.45. The van der Waals surface area contributed by atoms with Crippen LogP contribution < -0.4 is 14.4 Å². The number of methoxy groups -OCH3 is 2. The Morgan fingerprint density at radius 3 is 2.40 bits per heavy atom. The Balaban J connectivity index is 1.64. The number of amides is 1. The molecule has 3 aromatic rings. The fourth-order valence-corrected chi connectivity index (χ4v) is 4.05. The van der Waals surface area contributed by atoms with E-state index in [1.807, 2.05) is 47.4 Å². The summed E-state index contributed by atoms with van der Waals surface area (Å²) in [5.41, 5.74) is 1.96. The average molecular weight is 406 g/mol. The molecule has 30 heavy (non-hydrogen) atoms. The Morgan fingerprint density at radius 1 is 0.967 bits per heavy atom. The Bertz CT molecular complexity index is 993. The number of hydrogen-bond acceptors (Lipinski definition) is 5. The quantitative estimate of drug-likeness (QED) is 0.553. The lowest BCUT2D eigenvalue weighted by Crippen LogP contribution is -2.41. The van der Waals surface area contributed by atoms with Gasteiger partial charge in [-0.25, -0.2) is 0 Å². The molecule has 2 aromatic carbocycles. The van der Waals surface area contributed by atoms with E-state index in [4.69, 9.17) is 14.0 Å². The summed E-state index contributed by atoms with van der Waals surface area (Å²) >= 11 is 0. The SMILES string of the molecule is COc1ccc(-c2cc(C(=O)N(c3ccccc3)C3CCCCC3)no2)cc1OC. The van der Waals surface area contributed by atoms with Gasteiger partial charge in [0.05, 0.1) is 14.2 Å². The van der Waals surface area contributed by atoms with Crippen molar-refractivity contribution in [3.8, 4) is 22.8 Å². The Kier molecular flexibility index (Phi) is 6.02. The first-order valence-electron chi connectivity index (χ1n) is 10.3. The van der Waals surface area contributed by atoms with Crippen molar-refractivity contribution in [3.05, 3.63) is 60.3 Å². The van der Waals surface area contributed by atoms with Gasteiger partial charge in [-0.05, 0) is 43.2 Å². The fourth-order valence-electron chi connectivity index (χ4n) is 4.05. The molecule has 0 saturated heterocycles. The minimum absolute atomic E-state index is 0.136. The first kappa shape index (κ1) is 20.0. The summed E-state index contributed by atoms with van der Waals surface area (Å²) in [6.07, 6.45) is 5.50. The molecule has 1 aliphatic carbocycles. The molecule has 0 spiro atoms. The molecule has 0 unspecified atom stereocenters. The summed E-state index contributed by atoms with van der Waals surface area (Å²) in [6.45, 7) is 0. The molecule has 1 aromatic heterocycles. The van der Waals surface area contributed by atoms with Gasteiger partial charge in [0.25, 0.3) is 5.91 Å². The molecule has 156 valence electrons. The van der Waals surface area contributed by atoms with Gasteiger partial charge in [0, 0.05) is 23.4 Å². The minimum atomic E-state index is -0.136. The maximum absolute atomic E-state index is 13.5. The van der Waals surface area contributed by atoms with Crippen LogP contribution in [-0.2, 0) is 0 Å². The van der Waals surface area contributed by atoms with Gasteiger partial charge in [-0.15, -0.1) is 0 Å². The first-order chi connectivity index (χ1) is 14.7. The number of carbonyl (C=O) groups excluding carboxylic acids is 1. The zero-order valence-corrected chi connectivity index (χ0v) is 17.3. The molecule has 1 aliphatic rings. The van der Waals surface area contributed by atoms with Gasteiger partial charge in [0.2, 0.25) is 0 Å². The third-order valence-corrected chi connectivity index (χ3v) is 5.59. The normalized spacial score (nSPS) is 14.3. The average Bonchev–Trinajstić information content (AvgIpc) is 3.30. The van der Waals surface area contributed by atoms with E-state index >= 15 is 0 Å². The molecule has 0 atom stereocenters. The van der Waals surface area contributed by atoms with Gasteiger partial charge in [0.15, 0.2) is 23.0 Å². The third-order valence-electron chi connectivity index (χ3n) is 5.59. The molecule has 0 radical (unpaired) electrons. The van der Waals surface area contributed by atoms with Crippen LogP contribution in [0.15, 0.2) is 59.1 Å². The van der Waals surface area contributed by atoms with Crippen molar-refractivity contribution in [1.82, 2.24) is 5.16 Å². The van der Waals surface area contributed by atoms with Crippen molar-refractivity contribution in [2.24, 2.45) is 0 Å². The van der Waals surface area contributed by atoms with Crippen molar-refractivity contribution in [3.63, 3.8) is 0 Å². The van der Waals surface area contributed by atoms with E-state index in [1.165, 1.54) is 6.42 Å². The molecule has 4 rings (SSSR count). The van der Waals surface area contributed by atoms with E-state index in [-0.39, 0.29) is 11.9 Å². The molecule has 1 heterocycles. The number of rotatable bonds is 6. The summed E-state index contributed by atoms with van der Waals surface area (Å²) in [5.74, 6) is 1.59. The number of para-hydroxylation sites is 1. The van der Waals surface area contributed by atoms with E-state index in [1.54, 1.807) is 26.4 Å². The molecule has 0 bridgehead atoms. The van der Waals surface area contributed by atoms with Crippen LogP contribution in [-0.4, -0.2) is 31.3 Å². The summed E-state index contributed by atoms with van der Waals surface area (Å²) in [5, 5.41) is 4.09. The van der Waals surface area contributed by atoms with Gasteiger partial charge in [-0.2, -0.15) is 0 Å². The molecule has 0 aliphatic heterocycles. The second kappa shape index (κ2) is 9.03. The Labute approximate surface area is 176 Å². The lowest BCUT2D eigenvalue weighted by molar-refractivity contribution is 0.0962. The number of hydrogen-bond donors (Lipinski definition) is 0. The fraction of sp³-hybridized carbons (Fsp3) is 0.333. The maximum Gasteiger partial charge on any atom is 0.280 e. The van der Waals surface area contributed by atoms with Crippen molar-refractivity contribution in [2.45, 2.75) is 38.1 Å². The largest absolute Gasteiger partial charge is 0.493 e. The monoisotopic (exact) mass is 406 g/mol. The Hall–Kier alpha value is -3.28. The molecule has 0 N–H and O–H groups in total. The van der Waals surface area contributed by atoms with E-state index < -0.39 is 0 Å². The first-order valence-corrected chi connectivity index (χ1v) is 10.3. The van der Waals surface area contributed by atoms with Crippen molar-refractivity contribution in [1.29, 1.82) is 0 Å². The van der Waals surface area contributed by atoms with Crippen molar-refractivity contribution < 1.29 is 18.8 Å². The number of anilines is 1. The van der Waals surface area contributed by atoms with Crippen LogP contribution in [0.5, 0.6) is 11.5 Å². The van der Waals surface area contributed by atoms with Gasteiger partial charge >= 0.3 is 0 Å². The van der Waals surface area contributed by atoms with Gasteiger partial charge in [0.1, 0.15) is 0 Å². The van der Waals surface area contributed by atoms with Crippen LogP contribution in [0.2, 0.25) is 0 Å². The predicted molar refractivity (Wildman–Crippen MR) is 115 cm³/mol. The Morgan fingerprint density at radius 2 is 1.70 bits per heavy atom. The maximum atomic E-state index is 13.5. The van der Waals surface area contributed by atoms with Crippen LogP contribution in [0.4, 0.5) is 5.69 Å². The third kappa shape index (κ3) is 4.03. The number of carbonyl (C=O) groups is 1. The standard InChI is InChI=1S/C24H26N2O4/c1-28-21-14-13-17(15-23(21)29-2)22-16-20(25-30-22)24(27)26(18-9-5-3-6-10-18)19-11-7-4-8-12-19/h3,5-6,9-10,13-16,19H,4,7-8,11-12H2,1-2H3. The molecule has 1 fully saturated rings. The van der Waals surface area contributed by atoms with Gasteiger partial charge in [-0.1, -0.05) is 42.6 Å². The van der Waals surface area contributed by atoms with Crippen LogP contribution in [0.3, 0.4) is 0 Å². The smallest absolute Gasteiger partial charge is 0.280 e. The van der Waals surface area contributed by atoms with Crippen LogP contribution >= 0.6 is 0 Å². The topological polar surface area (TPSA) is 64.8 Å². The van der Waals surface area contributed by atoms with Crippen LogP contribution in [0.1, 0.15) is 42.6 Å². The predicted octanol–water partition coefficient (Wildman–Crippen LogP) is 5.34. The van der Waals surface area contributed by atoms with E-state index in [9.17, 15) is 4.79 Å². The highest BCUT2D eigenvalue weighted by atomic mass is 16.5. The highest BCUT2D eigenvalue weighted by Crippen LogP contribution is 2.33. The van der Waals surface area contributed by atoms with E-state index in [0.29, 0.717) is 23.0 Å². The zero-order valence-electron chi connectivity index (χ0n) is 17.3. The molecule has 6 nitrogen and oxygen atoms in total. The number of nitrogens with zero attached hydrogens (tertiary/aromatic N) is 2. The molecular formula is C24H26N2O4. The number of aromatic nitrogens is 1. The molecule has 6 heteroatoms. The molecule has 1 amide bonds. The summed E-state index contributed by atoms with van der Waals surface area (Å²) < 4.78 is 16.2. The zero-order chi connectivity index (χ0) is 20.9. The van der Waals surface area contributed by atoms with Crippen molar-refractivity contribution >= 4 is 11.6 Å². The highest BCUT2D eigenvalue weighted by molar-refractivity contribution is 6.05. The van der Waals surface area contributed by atoms with E-state index in [2.05, 4.69) is 5.16 Å². The van der Waals surface area contributed by atoms with Crippen LogP contribution in [0.25, 0.3) is 11.3 Å². The summed E-state index contributed by atoms with van der Waals surface area (Å²) in [6, 6.07) is 17.2. The lowest BCUT2D eigenvalue weighted by atomic mass is 9.93. The molecular weight excluding hydrogens is 380 g/mol. The van der Waals surface area contributed by atoms with E-state index in [0.717, 1.165) is 36.9 Å². The van der Waals surface area contributed by atoms with Crippen LogP contribution in [0, 0.1) is 0 Å². The highest BCUT2D eigenvalue weighted by Gasteiger charge is 2.29. The minimum Gasteiger partial charge on any atom is -0.493 e. The number of ether oxygens (including phenoxy) is 2. The van der Waals surface area contributed by atoms with Gasteiger partial charge in [-0.3, -0.25) is 4.79 Å². The molecule has 1 saturated carbocycles. The summed E-state index contributed by atoms with van der Waals surface area (Å²) in [4.78, 5) is 15.4. The van der Waals surface area contributed by atoms with Gasteiger partial charge < -0.3 is 18.9 Å². The lowest BCUT2D eigenvalue weighted by Gasteiger charge is -2.34. The van der Waals surface area contributed by atoms with Crippen molar-refractivity contribution in [2.75, 3.05) is 19.1 Å². The summed E-state index contributed by atoms with van der Waals surface area (Å²) in [7, 11) is 3.17.